The minimum Gasteiger partial charge on any atom is -0.366 e. The highest BCUT2D eigenvalue weighted by atomic mass is 15.1. The van der Waals surface area contributed by atoms with Crippen LogP contribution in [0.2, 0.25) is 0 Å². The Bertz CT molecular complexity index is 741. The molecule has 2 aromatic heterocycles. The fourth-order valence-corrected chi connectivity index (χ4v) is 2.19. The van der Waals surface area contributed by atoms with Crippen LogP contribution in [-0.4, -0.2) is 15.0 Å². The molecule has 23 heavy (non-hydrogen) atoms. The van der Waals surface area contributed by atoms with Crippen LogP contribution in [-0.2, 0) is 13.0 Å². The molecule has 0 aliphatic heterocycles. The maximum Gasteiger partial charge on any atom is 0.135 e. The van der Waals surface area contributed by atoms with Crippen molar-refractivity contribution >= 4 is 17.3 Å². The van der Waals surface area contributed by atoms with Crippen molar-refractivity contribution in [2.45, 2.75) is 19.9 Å². The number of nitrogens with zero attached hydrogens (tertiary/aromatic N) is 3. The Kier molecular flexibility index (Phi) is 4.79. The molecule has 0 saturated carbocycles. The summed E-state index contributed by atoms with van der Waals surface area (Å²) in [6, 6.07) is 14.2. The molecule has 2 heterocycles. The van der Waals surface area contributed by atoms with Crippen molar-refractivity contribution < 1.29 is 0 Å². The Morgan fingerprint density at radius 1 is 0.870 bits per heavy atom. The lowest BCUT2D eigenvalue weighted by Crippen LogP contribution is -2.03. The normalized spacial score (nSPS) is 10.3. The van der Waals surface area contributed by atoms with E-state index in [2.05, 4.69) is 56.8 Å². The second kappa shape index (κ2) is 7.35. The number of pyridine rings is 1. The fraction of sp³-hybridized carbons (Fsp3) is 0.167. The molecule has 3 aromatic rings. The van der Waals surface area contributed by atoms with Gasteiger partial charge in [-0.1, -0.05) is 19.1 Å². The van der Waals surface area contributed by atoms with Gasteiger partial charge in [-0.15, -0.1) is 0 Å². The number of hydrogen-bond acceptors (Lipinski definition) is 5. The molecule has 0 spiro atoms. The second-order valence-corrected chi connectivity index (χ2v) is 5.17. The summed E-state index contributed by atoms with van der Waals surface area (Å²) >= 11 is 0. The van der Waals surface area contributed by atoms with E-state index in [1.54, 1.807) is 18.7 Å². The maximum atomic E-state index is 4.26. The van der Waals surface area contributed by atoms with Crippen molar-refractivity contribution in [3.8, 4) is 0 Å². The monoisotopic (exact) mass is 305 g/mol. The summed E-state index contributed by atoms with van der Waals surface area (Å²) in [6.45, 7) is 2.85. The van der Waals surface area contributed by atoms with Crippen LogP contribution in [0.5, 0.6) is 0 Å². The number of aryl methyl sites for hydroxylation is 1. The van der Waals surface area contributed by atoms with Crippen LogP contribution in [0, 0.1) is 0 Å². The zero-order valence-corrected chi connectivity index (χ0v) is 13.0. The SMILES string of the molecule is CCc1ccc(Nc2cc(NCc3ccncc3)ncn2)cc1. The standard InChI is InChI=1S/C18H19N5/c1-2-14-3-5-16(6-4-14)23-18-11-17(21-13-22-18)20-12-15-7-9-19-10-8-15/h3-11,13H,2,12H2,1H3,(H2,20,21,22,23). The van der Waals surface area contributed by atoms with Gasteiger partial charge in [0.1, 0.15) is 18.0 Å². The molecule has 2 N–H and O–H groups in total. The van der Waals surface area contributed by atoms with E-state index in [0.717, 1.165) is 29.3 Å². The summed E-state index contributed by atoms with van der Waals surface area (Å²) in [4.78, 5) is 12.5. The Hall–Kier alpha value is -2.95. The van der Waals surface area contributed by atoms with Gasteiger partial charge < -0.3 is 10.6 Å². The van der Waals surface area contributed by atoms with Gasteiger partial charge in [0, 0.05) is 30.7 Å². The van der Waals surface area contributed by atoms with Gasteiger partial charge in [-0.3, -0.25) is 4.98 Å². The lowest BCUT2D eigenvalue weighted by atomic mass is 10.1. The number of rotatable bonds is 6. The van der Waals surface area contributed by atoms with E-state index in [1.165, 1.54) is 5.56 Å². The summed E-state index contributed by atoms with van der Waals surface area (Å²) in [6.07, 6.45) is 6.16. The van der Waals surface area contributed by atoms with Gasteiger partial charge in [0.15, 0.2) is 0 Å². The van der Waals surface area contributed by atoms with E-state index in [1.807, 2.05) is 18.2 Å². The molecule has 0 bridgehead atoms. The third kappa shape index (κ3) is 4.26. The molecular formula is C18H19N5. The summed E-state index contributed by atoms with van der Waals surface area (Å²) < 4.78 is 0. The number of hydrogen-bond donors (Lipinski definition) is 2. The van der Waals surface area contributed by atoms with Crippen LogP contribution in [0.15, 0.2) is 61.2 Å². The lowest BCUT2D eigenvalue weighted by Gasteiger charge is -2.09. The van der Waals surface area contributed by atoms with Crippen molar-refractivity contribution in [1.82, 2.24) is 15.0 Å². The zero-order chi connectivity index (χ0) is 15.9. The summed E-state index contributed by atoms with van der Waals surface area (Å²) in [7, 11) is 0. The molecule has 0 fully saturated rings. The number of anilines is 3. The number of nitrogens with one attached hydrogen (secondary N) is 2. The van der Waals surface area contributed by atoms with Crippen LogP contribution in [0.4, 0.5) is 17.3 Å². The molecule has 0 radical (unpaired) electrons. The van der Waals surface area contributed by atoms with E-state index < -0.39 is 0 Å². The number of aromatic nitrogens is 3. The van der Waals surface area contributed by atoms with Crippen molar-refractivity contribution in [2.24, 2.45) is 0 Å². The molecule has 0 aliphatic rings. The minimum absolute atomic E-state index is 0.699. The van der Waals surface area contributed by atoms with Gasteiger partial charge in [0.05, 0.1) is 0 Å². The maximum absolute atomic E-state index is 4.26. The molecule has 0 amide bonds. The highest BCUT2D eigenvalue weighted by Gasteiger charge is 2.00. The number of benzene rings is 1. The Morgan fingerprint density at radius 3 is 2.35 bits per heavy atom. The summed E-state index contributed by atoms with van der Waals surface area (Å²) in [5, 5.41) is 6.58. The Morgan fingerprint density at radius 2 is 1.61 bits per heavy atom. The first-order valence-electron chi connectivity index (χ1n) is 7.64. The molecule has 3 rings (SSSR count). The average molecular weight is 305 g/mol. The van der Waals surface area contributed by atoms with Crippen LogP contribution < -0.4 is 10.6 Å². The first-order chi connectivity index (χ1) is 11.3. The van der Waals surface area contributed by atoms with Gasteiger partial charge in [0.25, 0.3) is 0 Å². The molecule has 0 atom stereocenters. The van der Waals surface area contributed by atoms with Crippen molar-refractivity contribution in [3.63, 3.8) is 0 Å². The molecule has 0 unspecified atom stereocenters. The molecule has 0 saturated heterocycles. The van der Waals surface area contributed by atoms with E-state index in [9.17, 15) is 0 Å². The van der Waals surface area contributed by atoms with Crippen LogP contribution in [0.1, 0.15) is 18.1 Å². The third-order valence-corrected chi connectivity index (χ3v) is 3.52. The van der Waals surface area contributed by atoms with Crippen molar-refractivity contribution in [3.05, 3.63) is 72.3 Å². The highest BCUT2D eigenvalue weighted by molar-refractivity contribution is 5.59. The van der Waals surface area contributed by atoms with Gasteiger partial charge in [-0.2, -0.15) is 0 Å². The molecule has 5 heteroatoms. The minimum atomic E-state index is 0.699. The Labute approximate surface area is 135 Å². The fourth-order valence-electron chi connectivity index (χ4n) is 2.19. The van der Waals surface area contributed by atoms with Crippen molar-refractivity contribution in [1.29, 1.82) is 0 Å². The molecule has 0 aliphatic carbocycles. The van der Waals surface area contributed by atoms with Crippen LogP contribution >= 0.6 is 0 Å². The topological polar surface area (TPSA) is 62.7 Å². The zero-order valence-electron chi connectivity index (χ0n) is 13.0. The second-order valence-electron chi connectivity index (χ2n) is 5.17. The quantitative estimate of drug-likeness (QED) is 0.725. The van der Waals surface area contributed by atoms with Gasteiger partial charge >= 0.3 is 0 Å². The van der Waals surface area contributed by atoms with E-state index in [0.29, 0.717) is 6.54 Å². The average Bonchev–Trinajstić information content (AvgIpc) is 2.62. The first kappa shape index (κ1) is 15.0. The summed E-state index contributed by atoms with van der Waals surface area (Å²) in [5.41, 5.74) is 3.49. The molecule has 1 aromatic carbocycles. The smallest absolute Gasteiger partial charge is 0.135 e. The molecule has 5 nitrogen and oxygen atoms in total. The third-order valence-electron chi connectivity index (χ3n) is 3.52. The highest BCUT2D eigenvalue weighted by Crippen LogP contribution is 2.17. The van der Waals surface area contributed by atoms with Gasteiger partial charge in [0.2, 0.25) is 0 Å². The van der Waals surface area contributed by atoms with Crippen LogP contribution in [0.3, 0.4) is 0 Å². The van der Waals surface area contributed by atoms with Gasteiger partial charge in [-0.25, -0.2) is 9.97 Å². The van der Waals surface area contributed by atoms with Gasteiger partial charge in [-0.05, 0) is 41.8 Å². The van der Waals surface area contributed by atoms with E-state index >= 15 is 0 Å². The molecule has 116 valence electrons. The van der Waals surface area contributed by atoms with E-state index in [4.69, 9.17) is 0 Å². The Balaban J connectivity index is 1.64. The summed E-state index contributed by atoms with van der Waals surface area (Å²) in [5.74, 6) is 1.55. The largest absolute Gasteiger partial charge is 0.366 e. The predicted molar refractivity (Wildman–Crippen MR) is 92.7 cm³/mol. The first-order valence-corrected chi connectivity index (χ1v) is 7.64. The predicted octanol–water partition coefficient (Wildman–Crippen LogP) is 3.79. The van der Waals surface area contributed by atoms with Crippen LogP contribution in [0.25, 0.3) is 0 Å². The lowest BCUT2D eigenvalue weighted by molar-refractivity contribution is 1.07. The molecular weight excluding hydrogens is 286 g/mol. The van der Waals surface area contributed by atoms with E-state index in [-0.39, 0.29) is 0 Å². The van der Waals surface area contributed by atoms with Crippen molar-refractivity contribution in [2.75, 3.05) is 10.6 Å².